The number of carbonyl (C=O) groups is 3. The predicted molar refractivity (Wildman–Crippen MR) is 150 cm³/mol. The van der Waals surface area contributed by atoms with Crippen molar-refractivity contribution in [1.82, 2.24) is 4.90 Å². The van der Waals surface area contributed by atoms with Crippen LogP contribution in [-0.2, 0) is 19.1 Å². The minimum absolute atomic E-state index is 0.147. The van der Waals surface area contributed by atoms with Crippen LogP contribution in [0.15, 0.2) is 42.5 Å². The number of halogens is 2. The number of para-hydroxylation sites is 1. The van der Waals surface area contributed by atoms with Gasteiger partial charge in [-0.25, -0.2) is 0 Å². The lowest BCUT2D eigenvalue weighted by molar-refractivity contribution is -0.139. The van der Waals surface area contributed by atoms with Gasteiger partial charge in [0, 0.05) is 23.7 Å². The fourth-order valence-electron chi connectivity index (χ4n) is 6.22. The van der Waals surface area contributed by atoms with E-state index in [9.17, 15) is 19.5 Å². The summed E-state index contributed by atoms with van der Waals surface area (Å²) < 4.78 is 12.0. The quantitative estimate of drug-likeness (QED) is 0.368. The molecule has 3 N–H and O–H groups in total. The van der Waals surface area contributed by atoms with Crippen LogP contribution in [0.5, 0.6) is 5.75 Å². The smallest absolute Gasteiger partial charge is 0.250 e. The minimum Gasteiger partial charge on any atom is -0.494 e. The lowest BCUT2D eigenvalue weighted by Crippen LogP contribution is -2.54. The Kier molecular flexibility index (Phi) is 7.92. The van der Waals surface area contributed by atoms with Gasteiger partial charge in [-0.15, -0.1) is 0 Å². The van der Waals surface area contributed by atoms with E-state index in [1.807, 2.05) is 19.9 Å². The highest BCUT2D eigenvalue weighted by atomic mass is 79.9. The Morgan fingerprint density at radius 3 is 2.62 bits per heavy atom. The standard InChI is InChI=1S/C28H31BrClN3O6/c1-3-38-17-10-8-16(9-11-17)31-25(35)20-21-27(37)33(12-5-13-34)24(28(21)14-18(29)23(20)39-28)26(36)32-22-15(2)6-4-7-19(22)30/h4,6-11,18,20-21,23-24,34H,3,5,12-14H2,1-2H3,(H,31,35)(H,32,36)/t18?,20-,21+,23-,24?,28?/m1/s1. The maximum atomic E-state index is 13.9. The molecule has 11 heteroatoms. The Hall–Kier alpha value is -2.66. The van der Waals surface area contributed by atoms with E-state index >= 15 is 0 Å². The lowest BCUT2D eigenvalue weighted by atomic mass is 9.70. The van der Waals surface area contributed by atoms with Crippen molar-refractivity contribution in [2.75, 3.05) is 30.4 Å². The molecule has 3 fully saturated rings. The van der Waals surface area contributed by atoms with E-state index in [0.717, 1.165) is 5.56 Å². The lowest BCUT2D eigenvalue weighted by Gasteiger charge is -2.34. The van der Waals surface area contributed by atoms with Crippen molar-refractivity contribution in [2.45, 2.75) is 49.3 Å². The average Bonchev–Trinajstić information content (AvgIpc) is 3.49. The first-order valence-electron chi connectivity index (χ1n) is 13.0. The Balaban J connectivity index is 1.46. The molecule has 9 nitrogen and oxygen atoms in total. The maximum Gasteiger partial charge on any atom is 0.250 e. The summed E-state index contributed by atoms with van der Waals surface area (Å²) in [7, 11) is 0. The number of anilines is 2. The monoisotopic (exact) mass is 619 g/mol. The predicted octanol–water partition coefficient (Wildman–Crippen LogP) is 3.75. The third-order valence-corrected chi connectivity index (χ3v) is 8.96. The molecule has 0 saturated carbocycles. The summed E-state index contributed by atoms with van der Waals surface area (Å²) in [5.74, 6) is -2.08. The van der Waals surface area contributed by atoms with E-state index in [1.54, 1.807) is 36.4 Å². The molecule has 5 rings (SSSR count). The summed E-state index contributed by atoms with van der Waals surface area (Å²) in [5.41, 5.74) is 0.605. The van der Waals surface area contributed by atoms with Crippen molar-refractivity contribution in [3.63, 3.8) is 0 Å². The molecule has 3 amide bonds. The molecule has 1 spiro atoms. The number of alkyl halides is 1. The molecule has 2 bridgehead atoms. The van der Waals surface area contributed by atoms with E-state index < -0.39 is 35.5 Å². The number of nitrogens with one attached hydrogen (secondary N) is 2. The zero-order valence-electron chi connectivity index (χ0n) is 21.7. The van der Waals surface area contributed by atoms with E-state index in [0.29, 0.717) is 35.2 Å². The topological polar surface area (TPSA) is 117 Å². The number of carbonyl (C=O) groups excluding carboxylic acids is 3. The van der Waals surface area contributed by atoms with Gasteiger partial charge >= 0.3 is 0 Å². The van der Waals surface area contributed by atoms with Crippen LogP contribution in [0.4, 0.5) is 11.4 Å². The molecule has 39 heavy (non-hydrogen) atoms. The largest absolute Gasteiger partial charge is 0.494 e. The van der Waals surface area contributed by atoms with Crippen molar-refractivity contribution in [2.24, 2.45) is 11.8 Å². The molecule has 2 aromatic carbocycles. The second-order valence-electron chi connectivity index (χ2n) is 10.1. The van der Waals surface area contributed by atoms with Crippen molar-refractivity contribution >= 4 is 56.6 Å². The van der Waals surface area contributed by atoms with Gasteiger partial charge in [-0.3, -0.25) is 14.4 Å². The Morgan fingerprint density at radius 2 is 1.95 bits per heavy atom. The zero-order valence-corrected chi connectivity index (χ0v) is 24.0. The fourth-order valence-corrected chi connectivity index (χ4v) is 7.43. The van der Waals surface area contributed by atoms with Crippen molar-refractivity contribution in [1.29, 1.82) is 0 Å². The van der Waals surface area contributed by atoms with Gasteiger partial charge in [0.1, 0.15) is 17.4 Å². The van der Waals surface area contributed by atoms with Crippen LogP contribution in [0.1, 0.15) is 25.3 Å². The summed E-state index contributed by atoms with van der Waals surface area (Å²) >= 11 is 10.0. The highest BCUT2D eigenvalue weighted by Crippen LogP contribution is 2.60. The maximum absolute atomic E-state index is 13.9. The second-order valence-corrected chi connectivity index (χ2v) is 11.7. The Labute approximate surface area is 240 Å². The van der Waals surface area contributed by atoms with Gasteiger partial charge in [0.05, 0.1) is 35.3 Å². The van der Waals surface area contributed by atoms with Crippen LogP contribution in [-0.4, -0.2) is 70.1 Å². The number of likely N-dealkylation sites (tertiary alicyclic amines) is 1. The van der Waals surface area contributed by atoms with Gasteiger partial charge in [-0.2, -0.15) is 0 Å². The summed E-state index contributed by atoms with van der Waals surface area (Å²) in [4.78, 5) is 42.7. The minimum atomic E-state index is -1.20. The molecule has 3 aliphatic rings. The van der Waals surface area contributed by atoms with E-state index in [-0.39, 0.29) is 36.2 Å². The number of nitrogens with zero attached hydrogens (tertiary/aromatic N) is 1. The number of aliphatic hydroxyl groups is 1. The molecule has 6 atom stereocenters. The number of ether oxygens (including phenoxy) is 2. The average molecular weight is 621 g/mol. The number of fused-ring (bicyclic) bond motifs is 1. The second kappa shape index (κ2) is 11.1. The first-order chi connectivity index (χ1) is 18.7. The SMILES string of the molecule is CCOc1ccc(NC(=O)[C@H]2[C@@H]3OC4(CC3Br)C(C(=O)Nc3c(C)cccc3Cl)N(CCCO)C(=O)[C@H]24)cc1. The summed E-state index contributed by atoms with van der Waals surface area (Å²) in [6.45, 7) is 4.26. The third kappa shape index (κ3) is 4.81. The normalized spacial score (nSPS) is 28.9. The van der Waals surface area contributed by atoms with Gasteiger partial charge in [-0.05, 0) is 62.6 Å². The van der Waals surface area contributed by atoms with Gasteiger partial charge < -0.3 is 30.1 Å². The molecule has 3 unspecified atom stereocenters. The van der Waals surface area contributed by atoms with Crippen LogP contribution < -0.4 is 15.4 Å². The van der Waals surface area contributed by atoms with Crippen molar-refractivity contribution in [3.05, 3.63) is 53.1 Å². The molecule has 208 valence electrons. The number of aliphatic hydroxyl groups excluding tert-OH is 1. The number of hydrogen-bond acceptors (Lipinski definition) is 6. The fraction of sp³-hybridized carbons (Fsp3) is 0.464. The number of amides is 3. The van der Waals surface area contributed by atoms with Gasteiger partial charge in [0.25, 0.3) is 0 Å². The Morgan fingerprint density at radius 1 is 1.21 bits per heavy atom. The number of rotatable bonds is 9. The molecule has 0 radical (unpaired) electrons. The van der Waals surface area contributed by atoms with Crippen molar-refractivity contribution in [3.8, 4) is 5.75 Å². The zero-order chi connectivity index (χ0) is 27.9. The first kappa shape index (κ1) is 27.9. The molecule has 0 aliphatic carbocycles. The summed E-state index contributed by atoms with van der Waals surface area (Å²) in [6, 6.07) is 11.3. The van der Waals surface area contributed by atoms with Crippen LogP contribution in [0.3, 0.4) is 0 Å². The Bertz CT molecular complexity index is 1260. The molecule has 2 aromatic rings. The highest BCUT2D eigenvalue weighted by molar-refractivity contribution is 9.09. The summed E-state index contributed by atoms with van der Waals surface area (Å²) in [6.07, 6.45) is 0.0861. The summed E-state index contributed by atoms with van der Waals surface area (Å²) in [5, 5.41) is 15.7. The van der Waals surface area contributed by atoms with Crippen molar-refractivity contribution < 1.29 is 29.0 Å². The van der Waals surface area contributed by atoms with Gasteiger partial charge in [-0.1, -0.05) is 39.7 Å². The molecule has 3 heterocycles. The molecule has 0 aromatic heterocycles. The molecular formula is C28H31BrClN3O6. The molecular weight excluding hydrogens is 590 g/mol. The van der Waals surface area contributed by atoms with E-state index in [4.69, 9.17) is 21.1 Å². The number of benzene rings is 2. The number of aryl methyl sites for hydroxylation is 1. The van der Waals surface area contributed by atoms with Gasteiger partial charge in [0.2, 0.25) is 17.7 Å². The van der Waals surface area contributed by atoms with E-state index in [1.165, 1.54) is 4.90 Å². The van der Waals surface area contributed by atoms with Crippen LogP contribution >= 0.6 is 27.5 Å². The number of hydrogen-bond donors (Lipinski definition) is 3. The first-order valence-corrected chi connectivity index (χ1v) is 14.3. The highest BCUT2D eigenvalue weighted by Gasteiger charge is 2.76. The van der Waals surface area contributed by atoms with Gasteiger partial charge in [0.15, 0.2) is 0 Å². The van der Waals surface area contributed by atoms with Crippen LogP contribution in [0.2, 0.25) is 5.02 Å². The van der Waals surface area contributed by atoms with Crippen LogP contribution in [0.25, 0.3) is 0 Å². The third-order valence-electron chi connectivity index (χ3n) is 7.80. The molecule has 3 saturated heterocycles. The van der Waals surface area contributed by atoms with Crippen LogP contribution in [0, 0.1) is 18.8 Å². The van der Waals surface area contributed by atoms with E-state index in [2.05, 4.69) is 26.6 Å². The molecule has 3 aliphatic heterocycles.